The van der Waals surface area contributed by atoms with Crippen molar-refractivity contribution in [1.29, 1.82) is 0 Å². The van der Waals surface area contributed by atoms with Crippen molar-refractivity contribution in [3.63, 3.8) is 0 Å². The fourth-order valence-electron chi connectivity index (χ4n) is 4.36. The lowest BCUT2D eigenvalue weighted by atomic mass is 10.1. The number of carbonyl (C=O) groups is 2. The molecule has 0 fully saturated rings. The topological polar surface area (TPSA) is 102 Å². The van der Waals surface area contributed by atoms with Gasteiger partial charge >= 0.3 is 0 Å². The van der Waals surface area contributed by atoms with E-state index in [1.54, 1.807) is 18.3 Å². The van der Waals surface area contributed by atoms with E-state index < -0.39 is 0 Å². The normalized spacial score (nSPS) is 11.0. The Morgan fingerprint density at radius 2 is 1.85 bits per heavy atom. The highest BCUT2D eigenvalue weighted by Crippen LogP contribution is 2.29. The summed E-state index contributed by atoms with van der Waals surface area (Å²) in [5, 5.41) is 8.14. The molecule has 0 unspecified atom stereocenters. The third-order valence-electron chi connectivity index (χ3n) is 6.39. The smallest absolute Gasteiger partial charge is 0.268 e. The van der Waals surface area contributed by atoms with Crippen LogP contribution in [0.3, 0.4) is 0 Å². The number of hydrogen-bond acceptors (Lipinski definition) is 8. The average molecular weight is 565 g/mol. The van der Waals surface area contributed by atoms with E-state index in [1.807, 2.05) is 82.9 Å². The van der Waals surface area contributed by atoms with Crippen molar-refractivity contribution >= 4 is 57.2 Å². The average Bonchev–Trinajstić information content (AvgIpc) is 3.76. The molecule has 1 amide bonds. The second-order valence-corrected chi connectivity index (χ2v) is 10.8. The van der Waals surface area contributed by atoms with E-state index in [-0.39, 0.29) is 18.2 Å². The second kappa shape index (κ2) is 11.6. The van der Waals surface area contributed by atoms with Gasteiger partial charge in [0.2, 0.25) is 5.95 Å². The van der Waals surface area contributed by atoms with Crippen LogP contribution in [0.4, 0.5) is 11.6 Å². The number of anilines is 2. The molecule has 4 heterocycles. The lowest BCUT2D eigenvalue weighted by molar-refractivity contribution is 0.100. The highest BCUT2D eigenvalue weighted by Gasteiger charge is 2.17. The predicted molar refractivity (Wildman–Crippen MR) is 160 cm³/mol. The molecule has 0 bridgehead atoms. The molecule has 0 aliphatic heterocycles. The minimum absolute atomic E-state index is 0.00335. The first kappa shape index (κ1) is 25.6. The standard InChI is InChI=1S/C30H24N6O2S2/c37-26(21-6-2-1-3-7-21)19-32-22-8-9-25-24(17-22)33-30(36(25)15-12-20-5-4-14-31-18-20)34-29(38)28-11-10-27(40-28)23-13-16-39-35-23/h1-11,13-14,16-18,32H,12,15,19H2,(H,33,34,38). The number of nitrogens with one attached hydrogen (secondary N) is 2. The van der Waals surface area contributed by atoms with Gasteiger partial charge in [-0.15, -0.1) is 11.3 Å². The van der Waals surface area contributed by atoms with Gasteiger partial charge in [0, 0.05) is 35.6 Å². The van der Waals surface area contributed by atoms with Crippen molar-refractivity contribution in [2.45, 2.75) is 13.0 Å². The molecule has 0 saturated heterocycles. The van der Waals surface area contributed by atoms with E-state index in [0.717, 1.165) is 33.8 Å². The Morgan fingerprint density at radius 3 is 2.65 bits per heavy atom. The molecule has 2 aromatic carbocycles. The summed E-state index contributed by atoms with van der Waals surface area (Å²) in [6, 6.07) is 24.6. The minimum Gasteiger partial charge on any atom is -0.378 e. The molecule has 0 aliphatic carbocycles. The molecule has 198 valence electrons. The van der Waals surface area contributed by atoms with Crippen molar-refractivity contribution in [2.24, 2.45) is 0 Å². The summed E-state index contributed by atoms with van der Waals surface area (Å²) in [6.07, 6.45) is 4.31. The van der Waals surface area contributed by atoms with Crippen LogP contribution in [-0.4, -0.2) is 37.1 Å². The van der Waals surface area contributed by atoms with Crippen LogP contribution in [-0.2, 0) is 13.0 Å². The molecule has 6 aromatic rings. The number of benzene rings is 2. The number of carbonyl (C=O) groups excluding carboxylic acids is 2. The van der Waals surface area contributed by atoms with E-state index in [0.29, 0.717) is 28.5 Å². The molecule has 8 nitrogen and oxygen atoms in total. The molecule has 0 atom stereocenters. The van der Waals surface area contributed by atoms with E-state index in [4.69, 9.17) is 4.98 Å². The fourth-order valence-corrected chi connectivity index (χ4v) is 5.81. The number of thiophene rings is 1. The Hall–Kier alpha value is -4.67. The molecule has 0 spiro atoms. The maximum absolute atomic E-state index is 13.2. The van der Waals surface area contributed by atoms with Gasteiger partial charge in [0.25, 0.3) is 5.91 Å². The summed E-state index contributed by atoms with van der Waals surface area (Å²) >= 11 is 2.78. The maximum atomic E-state index is 13.2. The van der Waals surface area contributed by atoms with Crippen molar-refractivity contribution < 1.29 is 9.59 Å². The summed E-state index contributed by atoms with van der Waals surface area (Å²) < 4.78 is 6.37. The van der Waals surface area contributed by atoms with Crippen LogP contribution in [0.1, 0.15) is 25.6 Å². The number of imidazole rings is 1. The summed E-state index contributed by atoms with van der Waals surface area (Å²) in [4.78, 5) is 36.3. The quantitative estimate of drug-likeness (QED) is 0.187. The van der Waals surface area contributed by atoms with Crippen LogP contribution in [0.15, 0.2) is 96.6 Å². The number of rotatable bonds is 10. The maximum Gasteiger partial charge on any atom is 0.268 e. The third kappa shape index (κ3) is 5.68. The van der Waals surface area contributed by atoms with Gasteiger partial charge in [-0.25, -0.2) is 4.98 Å². The summed E-state index contributed by atoms with van der Waals surface area (Å²) in [5.74, 6) is 0.241. The lowest BCUT2D eigenvalue weighted by Crippen LogP contribution is -2.15. The first-order chi connectivity index (χ1) is 19.6. The zero-order chi connectivity index (χ0) is 27.3. The molecule has 0 saturated carbocycles. The Bertz CT molecular complexity index is 1760. The summed E-state index contributed by atoms with van der Waals surface area (Å²) in [5.41, 5.74) is 4.99. The first-order valence-electron chi connectivity index (χ1n) is 12.7. The van der Waals surface area contributed by atoms with Gasteiger partial charge in [-0.2, -0.15) is 4.37 Å². The van der Waals surface area contributed by atoms with Crippen LogP contribution in [0.2, 0.25) is 0 Å². The van der Waals surface area contributed by atoms with Crippen LogP contribution >= 0.6 is 22.9 Å². The summed E-state index contributed by atoms with van der Waals surface area (Å²) in [7, 11) is 0. The zero-order valence-electron chi connectivity index (χ0n) is 21.3. The number of pyridine rings is 1. The highest BCUT2D eigenvalue weighted by molar-refractivity contribution is 7.17. The van der Waals surface area contributed by atoms with E-state index >= 15 is 0 Å². The number of nitrogens with zero attached hydrogens (tertiary/aromatic N) is 4. The van der Waals surface area contributed by atoms with Gasteiger partial charge in [-0.1, -0.05) is 36.4 Å². The Kier molecular flexibility index (Phi) is 7.43. The van der Waals surface area contributed by atoms with Gasteiger partial charge in [0.15, 0.2) is 5.78 Å². The van der Waals surface area contributed by atoms with E-state index in [2.05, 4.69) is 20.0 Å². The SMILES string of the molecule is O=C(CNc1ccc2c(c1)nc(NC(=O)c1ccc(-c3ccsn3)s1)n2CCc1cccnc1)c1ccccc1. The van der Waals surface area contributed by atoms with E-state index in [9.17, 15) is 9.59 Å². The third-order valence-corrected chi connectivity index (χ3v) is 8.06. The lowest BCUT2D eigenvalue weighted by Gasteiger charge is -2.10. The minimum atomic E-state index is -0.226. The number of hydrogen-bond donors (Lipinski definition) is 2. The number of aryl methyl sites for hydroxylation is 2. The number of ketones is 1. The van der Waals surface area contributed by atoms with Crippen LogP contribution in [0.5, 0.6) is 0 Å². The van der Waals surface area contributed by atoms with Gasteiger partial charge < -0.3 is 9.88 Å². The van der Waals surface area contributed by atoms with Gasteiger partial charge in [0.05, 0.1) is 33.0 Å². The monoisotopic (exact) mass is 564 g/mol. The number of amides is 1. The van der Waals surface area contributed by atoms with Gasteiger partial charge in [-0.3, -0.25) is 19.9 Å². The molecule has 0 aliphatic rings. The first-order valence-corrected chi connectivity index (χ1v) is 14.3. The fraction of sp³-hybridized carbons (Fsp3) is 0.100. The molecular formula is C30H24N6O2S2. The van der Waals surface area contributed by atoms with Crippen molar-refractivity contribution in [3.8, 4) is 10.6 Å². The van der Waals surface area contributed by atoms with E-state index in [1.165, 1.54) is 22.9 Å². The molecule has 10 heteroatoms. The predicted octanol–water partition coefficient (Wildman–Crippen LogP) is 6.41. The van der Waals surface area contributed by atoms with Gasteiger partial charge in [0.1, 0.15) is 0 Å². The van der Waals surface area contributed by atoms with Crippen molar-refractivity contribution in [1.82, 2.24) is 18.9 Å². The van der Waals surface area contributed by atoms with Crippen molar-refractivity contribution in [2.75, 3.05) is 17.2 Å². The molecule has 2 N–H and O–H groups in total. The summed E-state index contributed by atoms with van der Waals surface area (Å²) in [6.45, 7) is 0.770. The Morgan fingerprint density at radius 1 is 0.950 bits per heavy atom. The molecule has 4 aromatic heterocycles. The van der Waals surface area contributed by atoms with Crippen LogP contribution in [0.25, 0.3) is 21.6 Å². The van der Waals surface area contributed by atoms with Crippen LogP contribution in [0, 0.1) is 0 Å². The largest absolute Gasteiger partial charge is 0.378 e. The zero-order valence-corrected chi connectivity index (χ0v) is 22.9. The number of Topliss-reactive ketones (excluding diaryl/α,β-unsaturated/α-hetero) is 1. The van der Waals surface area contributed by atoms with Crippen LogP contribution < -0.4 is 10.6 Å². The number of fused-ring (bicyclic) bond motifs is 1. The molecular weight excluding hydrogens is 541 g/mol. The van der Waals surface area contributed by atoms with Gasteiger partial charge in [-0.05, 0) is 66.0 Å². The second-order valence-electron chi connectivity index (χ2n) is 9.05. The highest BCUT2D eigenvalue weighted by atomic mass is 32.1. The molecule has 6 rings (SSSR count). The number of aromatic nitrogens is 4. The Balaban J connectivity index is 1.25. The Labute approximate surface area is 238 Å². The molecule has 0 radical (unpaired) electrons. The van der Waals surface area contributed by atoms with Crippen molar-refractivity contribution in [3.05, 3.63) is 113 Å². The molecule has 40 heavy (non-hydrogen) atoms.